The Bertz CT molecular complexity index is 1010. The molecule has 0 aliphatic carbocycles. The van der Waals surface area contributed by atoms with Crippen molar-refractivity contribution in [2.75, 3.05) is 10.1 Å². The highest BCUT2D eigenvalue weighted by Gasteiger charge is 2.43. The lowest BCUT2D eigenvalue weighted by molar-refractivity contribution is -0.137. The zero-order valence-corrected chi connectivity index (χ0v) is 18.5. The Labute approximate surface area is 187 Å². The van der Waals surface area contributed by atoms with Crippen LogP contribution in [0.2, 0.25) is 0 Å². The van der Waals surface area contributed by atoms with E-state index in [1.165, 1.54) is 4.31 Å². The van der Waals surface area contributed by atoms with E-state index in [2.05, 4.69) is 0 Å². The molecule has 0 bridgehead atoms. The number of hydrogen-bond acceptors (Lipinski definition) is 4. The molecule has 1 aliphatic rings. The molecule has 166 valence electrons. The number of sulfonamides is 1. The molecule has 3 unspecified atom stereocenters. The molecule has 1 saturated heterocycles. The normalized spacial score (nSPS) is 21.4. The van der Waals surface area contributed by atoms with Crippen molar-refractivity contribution in [3.05, 3.63) is 77.9 Å². The van der Waals surface area contributed by atoms with Crippen LogP contribution in [0, 0.1) is 0 Å². The first-order chi connectivity index (χ1) is 14.8. The summed E-state index contributed by atoms with van der Waals surface area (Å²) in [6, 6.07) is 15.7. The molecule has 1 aliphatic heterocycles. The van der Waals surface area contributed by atoms with Crippen molar-refractivity contribution in [2.24, 2.45) is 0 Å². The predicted octanol–water partition coefficient (Wildman–Crippen LogP) is 4.10. The highest BCUT2D eigenvalue weighted by molar-refractivity contribution is 7.93. The zero-order chi connectivity index (χ0) is 22.4. The lowest BCUT2D eigenvalue weighted by Gasteiger charge is -2.26. The van der Waals surface area contributed by atoms with Gasteiger partial charge in [-0.1, -0.05) is 54.6 Å². The number of aliphatic carboxylic acids is 1. The van der Waals surface area contributed by atoms with E-state index >= 15 is 0 Å². The van der Waals surface area contributed by atoms with E-state index in [0.717, 1.165) is 5.56 Å². The summed E-state index contributed by atoms with van der Waals surface area (Å²) in [5, 5.41) is 18.7. The van der Waals surface area contributed by atoms with Gasteiger partial charge in [-0.15, -0.1) is 11.6 Å². The van der Waals surface area contributed by atoms with Crippen molar-refractivity contribution in [1.82, 2.24) is 0 Å². The van der Waals surface area contributed by atoms with Crippen LogP contribution in [-0.2, 0) is 14.8 Å². The number of rotatable bonds is 9. The number of unbranched alkanes of at least 4 members (excludes halogenated alkanes) is 1. The molecule has 2 aromatic rings. The van der Waals surface area contributed by atoms with E-state index in [1.807, 2.05) is 42.5 Å². The maximum atomic E-state index is 12.7. The molecule has 0 aromatic heterocycles. The molecular formula is C23H26ClNO5S. The smallest absolute Gasteiger partial charge is 0.303 e. The van der Waals surface area contributed by atoms with E-state index in [-0.39, 0.29) is 12.2 Å². The number of halogens is 1. The van der Waals surface area contributed by atoms with E-state index in [0.29, 0.717) is 30.5 Å². The van der Waals surface area contributed by atoms with E-state index < -0.39 is 33.5 Å². The average molecular weight is 464 g/mol. The van der Waals surface area contributed by atoms with E-state index in [9.17, 15) is 18.3 Å². The number of allylic oxidation sites excluding steroid dienone is 1. The summed E-state index contributed by atoms with van der Waals surface area (Å²) in [4.78, 5) is 10.6. The van der Waals surface area contributed by atoms with Gasteiger partial charge in [-0.25, -0.2) is 8.42 Å². The third kappa shape index (κ3) is 5.87. The number of anilines is 1. The molecule has 3 rings (SSSR count). The van der Waals surface area contributed by atoms with Gasteiger partial charge in [0.15, 0.2) is 0 Å². The quantitative estimate of drug-likeness (QED) is 0.331. The summed E-state index contributed by atoms with van der Waals surface area (Å²) < 4.78 is 26.8. The van der Waals surface area contributed by atoms with Gasteiger partial charge in [0, 0.05) is 6.42 Å². The third-order valence-electron chi connectivity index (χ3n) is 5.27. The molecular weight excluding hydrogens is 438 g/mol. The molecule has 1 fully saturated rings. The minimum atomic E-state index is -3.56. The van der Waals surface area contributed by atoms with Crippen LogP contribution in [-0.4, -0.2) is 41.8 Å². The molecule has 2 N–H and O–H groups in total. The van der Waals surface area contributed by atoms with Crippen LogP contribution in [0.25, 0.3) is 0 Å². The number of carboxylic acids is 1. The summed E-state index contributed by atoms with van der Waals surface area (Å²) in [7, 11) is -3.56. The van der Waals surface area contributed by atoms with Gasteiger partial charge in [-0.3, -0.25) is 9.10 Å². The van der Waals surface area contributed by atoms with Gasteiger partial charge >= 0.3 is 5.97 Å². The van der Waals surface area contributed by atoms with Crippen LogP contribution >= 0.6 is 11.6 Å². The molecule has 3 atom stereocenters. The van der Waals surface area contributed by atoms with Crippen LogP contribution < -0.4 is 4.31 Å². The predicted molar refractivity (Wildman–Crippen MR) is 122 cm³/mol. The van der Waals surface area contributed by atoms with E-state index in [4.69, 9.17) is 16.7 Å². The van der Waals surface area contributed by atoms with Gasteiger partial charge in [0.2, 0.25) is 10.0 Å². The van der Waals surface area contributed by atoms with Crippen molar-refractivity contribution >= 4 is 33.3 Å². The van der Waals surface area contributed by atoms with Crippen molar-refractivity contribution in [1.29, 1.82) is 0 Å². The largest absolute Gasteiger partial charge is 0.481 e. The Balaban J connectivity index is 1.73. The maximum Gasteiger partial charge on any atom is 0.303 e. The number of alkyl halides is 1. The van der Waals surface area contributed by atoms with Crippen molar-refractivity contribution in [3.63, 3.8) is 0 Å². The number of hydrogen-bond donors (Lipinski definition) is 2. The minimum absolute atomic E-state index is 0.105. The molecule has 2 aromatic carbocycles. The Kier molecular flexibility index (Phi) is 7.75. The summed E-state index contributed by atoms with van der Waals surface area (Å²) in [5.74, 6) is -0.969. The Morgan fingerprint density at radius 1 is 1.10 bits per heavy atom. The summed E-state index contributed by atoms with van der Waals surface area (Å²) in [6.07, 6.45) is 4.63. The van der Waals surface area contributed by atoms with E-state index in [1.54, 1.807) is 24.3 Å². The van der Waals surface area contributed by atoms with Gasteiger partial charge in [0.25, 0.3) is 0 Å². The Hall–Kier alpha value is -2.35. The van der Waals surface area contributed by atoms with Gasteiger partial charge < -0.3 is 10.2 Å². The first-order valence-electron chi connectivity index (χ1n) is 10.2. The fraction of sp³-hybridized carbons (Fsp3) is 0.348. The van der Waals surface area contributed by atoms with Gasteiger partial charge in [0.1, 0.15) is 6.10 Å². The van der Waals surface area contributed by atoms with Crippen molar-refractivity contribution in [3.8, 4) is 0 Å². The summed E-state index contributed by atoms with van der Waals surface area (Å²) >= 11 is 6.38. The number of benzene rings is 2. The summed E-state index contributed by atoms with van der Waals surface area (Å²) in [6.45, 7) is 0. The Morgan fingerprint density at radius 2 is 1.74 bits per heavy atom. The molecule has 31 heavy (non-hydrogen) atoms. The topological polar surface area (TPSA) is 94.9 Å². The third-order valence-corrected chi connectivity index (χ3v) is 7.76. The van der Waals surface area contributed by atoms with Crippen LogP contribution in [0.5, 0.6) is 0 Å². The summed E-state index contributed by atoms with van der Waals surface area (Å²) in [5.41, 5.74) is 1.94. The van der Waals surface area contributed by atoms with Crippen LogP contribution in [0.15, 0.2) is 66.7 Å². The number of nitrogens with zero attached hydrogens (tertiary/aromatic N) is 1. The van der Waals surface area contributed by atoms with Crippen LogP contribution in [0.1, 0.15) is 42.9 Å². The standard InChI is InChI=1S/C23H26ClNO5S/c24-20-16-31(29,30)25(21(20)10-6-1-2-7-11-22(26)27)19-14-12-18(13-15-19)23(28)17-8-4-3-5-9-17/h1,3-6,8-9,12-15,20-21,23,28H,2,7,10-11,16H2,(H,26,27). The number of aliphatic hydroxyl groups excluding tert-OH is 1. The second-order valence-electron chi connectivity index (χ2n) is 7.56. The zero-order valence-electron chi connectivity index (χ0n) is 17.0. The maximum absolute atomic E-state index is 12.7. The lowest BCUT2D eigenvalue weighted by Crippen LogP contribution is -2.35. The Morgan fingerprint density at radius 3 is 2.39 bits per heavy atom. The minimum Gasteiger partial charge on any atom is -0.481 e. The molecule has 0 saturated carbocycles. The highest BCUT2D eigenvalue weighted by atomic mass is 35.5. The first kappa shape index (κ1) is 23.3. The fourth-order valence-electron chi connectivity index (χ4n) is 3.70. The first-order valence-corrected chi connectivity index (χ1v) is 12.2. The second kappa shape index (κ2) is 10.3. The molecule has 8 heteroatoms. The molecule has 0 radical (unpaired) electrons. The average Bonchev–Trinajstić information content (AvgIpc) is 2.98. The van der Waals surface area contributed by atoms with Crippen molar-refractivity contribution in [2.45, 2.75) is 43.2 Å². The fourth-order valence-corrected chi connectivity index (χ4v) is 6.33. The van der Waals surface area contributed by atoms with Gasteiger partial charge in [-0.05, 0) is 42.5 Å². The van der Waals surface area contributed by atoms with Crippen LogP contribution in [0.3, 0.4) is 0 Å². The lowest BCUT2D eigenvalue weighted by atomic mass is 10.0. The molecule has 6 nitrogen and oxygen atoms in total. The van der Waals surface area contributed by atoms with Gasteiger partial charge in [-0.2, -0.15) is 0 Å². The number of carboxylic acid groups (broad SMARTS) is 1. The molecule has 1 heterocycles. The van der Waals surface area contributed by atoms with Gasteiger partial charge in [0.05, 0.1) is 22.9 Å². The highest BCUT2D eigenvalue weighted by Crippen LogP contribution is 2.35. The van der Waals surface area contributed by atoms with Crippen molar-refractivity contribution < 1.29 is 23.4 Å². The van der Waals surface area contributed by atoms with Crippen LogP contribution in [0.4, 0.5) is 5.69 Å². The monoisotopic (exact) mass is 463 g/mol. The number of carbonyl (C=O) groups is 1. The SMILES string of the molecule is O=C(O)CCCC=CCC1C(Cl)CS(=O)(=O)N1c1ccc(C(O)c2ccccc2)cc1. The number of aliphatic hydroxyl groups is 1. The second-order valence-corrected chi connectivity index (χ2v) is 10.0. The molecule has 0 spiro atoms. The molecule has 0 amide bonds.